The average Bonchev–Trinajstić information content (AvgIpc) is 3.53. The second kappa shape index (κ2) is 10.4. The van der Waals surface area contributed by atoms with Gasteiger partial charge in [-0.1, -0.05) is 6.07 Å². The molecule has 37 heavy (non-hydrogen) atoms. The smallest absolute Gasteiger partial charge is 0.212 e. The molecule has 0 N–H and O–H groups in total. The number of aryl methyl sites for hydroxylation is 3. The summed E-state index contributed by atoms with van der Waals surface area (Å²) < 4.78 is 17.8. The van der Waals surface area contributed by atoms with E-state index in [0.717, 1.165) is 78.3 Å². The van der Waals surface area contributed by atoms with Crippen molar-refractivity contribution in [1.82, 2.24) is 34.2 Å². The second-order valence-electron chi connectivity index (χ2n) is 9.99. The van der Waals surface area contributed by atoms with Gasteiger partial charge >= 0.3 is 0 Å². The normalized spacial score (nSPS) is 16.8. The SMILES string of the molecule is C#Cc1nn(C2CCCCO2)c2ccc(-c3cnn(C)c3CN(C)CC(C)Oc3cc(C)nn3C)cc12. The Bertz CT molecular complexity index is 1430. The molecule has 0 radical (unpaired) electrons. The summed E-state index contributed by atoms with van der Waals surface area (Å²) in [5, 5.41) is 14.6. The molecule has 1 fully saturated rings. The van der Waals surface area contributed by atoms with E-state index in [4.69, 9.17) is 21.0 Å². The van der Waals surface area contributed by atoms with Gasteiger partial charge in [-0.05, 0) is 63.8 Å². The van der Waals surface area contributed by atoms with Gasteiger partial charge in [-0.3, -0.25) is 9.58 Å². The third-order valence-electron chi connectivity index (χ3n) is 6.91. The van der Waals surface area contributed by atoms with Gasteiger partial charge < -0.3 is 9.47 Å². The van der Waals surface area contributed by atoms with Crippen LogP contribution in [-0.4, -0.2) is 60.5 Å². The third kappa shape index (κ3) is 5.13. The highest BCUT2D eigenvalue weighted by molar-refractivity contribution is 5.89. The van der Waals surface area contributed by atoms with Gasteiger partial charge in [0.25, 0.3) is 0 Å². The molecule has 1 saturated heterocycles. The zero-order valence-corrected chi connectivity index (χ0v) is 22.3. The molecule has 0 amide bonds. The second-order valence-corrected chi connectivity index (χ2v) is 9.99. The summed E-state index contributed by atoms with van der Waals surface area (Å²) in [5.41, 5.74) is 5.86. The first-order chi connectivity index (χ1) is 17.8. The van der Waals surface area contributed by atoms with Gasteiger partial charge in [0, 0.05) is 50.8 Å². The summed E-state index contributed by atoms with van der Waals surface area (Å²) >= 11 is 0. The Hall–Kier alpha value is -3.61. The van der Waals surface area contributed by atoms with Gasteiger partial charge in [0.2, 0.25) is 5.88 Å². The van der Waals surface area contributed by atoms with E-state index in [1.54, 1.807) is 4.68 Å². The standard InChI is InChI=1S/C28H35N7O2/c1-7-24-22-15-21(11-12-25(22)35(31-24)27-10-8-9-13-36-27)23-16-29-33(5)26(23)18-32(4)17-20(3)37-28-14-19(2)30-34(28)6/h1,11-12,14-16,20,27H,8-10,13,17-18H2,2-6H3. The molecule has 1 aliphatic rings. The predicted octanol–water partition coefficient (Wildman–Crippen LogP) is 4.06. The molecule has 0 aliphatic carbocycles. The van der Waals surface area contributed by atoms with E-state index in [9.17, 15) is 0 Å². The van der Waals surface area contributed by atoms with Gasteiger partial charge in [0.05, 0.1) is 23.1 Å². The molecule has 0 spiro atoms. The molecule has 9 nitrogen and oxygen atoms in total. The number of hydrogen-bond donors (Lipinski definition) is 0. The predicted molar refractivity (Wildman–Crippen MR) is 143 cm³/mol. The highest BCUT2D eigenvalue weighted by atomic mass is 16.5. The van der Waals surface area contributed by atoms with Crippen molar-refractivity contribution in [3.8, 4) is 29.4 Å². The Labute approximate surface area is 218 Å². The molecule has 1 aromatic carbocycles. The number of benzene rings is 1. The molecule has 2 atom stereocenters. The average molecular weight is 502 g/mol. The number of likely N-dealkylation sites (N-methyl/N-ethyl adjacent to an activating group) is 1. The number of aromatic nitrogens is 6. The number of nitrogens with zero attached hydrogens (tertiary/aromatic N) is 7. The van der Waals surface area contributed by atoms with Crippen molar-refractivity contribution in [2.45, 2.75) is 52.0 Å². The maximum absolute atomic E-state index is 6.13. The molecular formula is C28H35N7O2. The quantitative estimate of drug-likeness (QED) is 0.339. The van der Waals surface area contributed by atoms with Crippen LogP contribution in [0.1, 0.15) is 49.5 Å². The van der Waals surface area contributed by atoms with Crippen molar-refractivity contribution in [2.75, 3.05) is 20.2 Å². The van der Waals surface area contributed by atoms with E-state index < -0.39 is 0 Å². The first kappa shape index (κ1) is 25.1. The van der Waals surface area contributed by atoms with Crippen LogP contribution in [-0.2, 0) is 25.4 Å². The summed E-state index contributed by atoms with van der Waals surface area (Å²) in [6.07, 6.45) is 10.9. The van der Waals surface area contributed by atoms with E-state index in [1.165, 1.54) is 0 Å². The summed E-state index contributed by atoms with van der Waals surface area (Å²) in [6, 6.07) is 8.32. The topological polar surface area (TPSA) is 75.2 Å². The number of fused-ring (bicyclic) bond motifs is 1. The third-order valence-corrected chi connectivity index (χ3v) is 6.91. The fraction of sp³-hybridized carbons (Fsp3) is 0.464. The van der Waals surface area contributed by atoms with E-state index in [2.05, 4.69) is 53.2 Å². The van der Waals surface area contributed by atoms with Crippen molar-refractivity contribution < 1.29 is 9.47 Å². The molecule has 4 heterocycles. The monoisotopic (exact) mass is 501 g/mol. The molecule has 4 aromatic rings. The van der Waals surface area contributed by atoms with E-state index in [0.29, 0.717) is 5.69 Å². The van der Waals surface area contributed by atoms with Crippen molar-refractivity contribution >= 4 is 10.9 Å². The number of ether oxygens (including phenoxy) is 2. The van der Waals surface area contributed by atoms with Crippen LogP contribution in [0.3, 0.4) is 0 Å². The summed E-state index contributed by atoms with van der Waals surface area (Å²) in [6.45, 7) is 6.27. The van der Waals surface area contributed by atoms with Gasteiger partial charge in [0.1, 0.15) is 11.8 Å². The van der Waals surface area contributed by atoms with Crippen LogP contribution in [0.25, 0.3) is 22.0 Å². The Morgan fingerprint density at radius 1 is 1.22 bits per heavy atom. The molecule has 194 valence electrons. The zero-order valence-electron chi connectivity index (χ0n) is 22.3. The summed E-state index contributed by atoms with van der Waals surface area (Å²) in [4.78, 5) is 2.25. The molecule has 0 saturated carbocycles. The van der Waals surface area contributed by atoms with Crippen molar-refractivity contribution in [2.24, 2.45) is 14.1 Å². The highest BCUT2D eigenvalue weighted by Gasteiger charge is 2.22. The molecule has 3 aromatic heterocycles. The van der Waals surface area contributed by atoms with E-state index >= 15 is 0 Å². The van der Waals surface area contributed by atoms with Gasteiger partial charge in [-0.15, -0.1) is 6.42 Å². The van der Waals surface area contributed by atoms with Crippen LogP contribution in [0.2, 0.25) is 0 Å². The largest absolute Gasteiger partial charge is 0.473 e. The lowest BCUT2D eigenvalue weighted by molar-refractivity contribution is -0.0367. The number of rotatable bonds is 8. The van der Waals surface area contributed by atoms with Gasteiger partial charge in [-0.25, -0.2) is 9.36 Å². The summed E-state index contributed by atoms with van der Waals surface area (Å²) in [7, 11) is 5.98. The number of terminal acetylenes is 1. The lowest BCUT2D eigenvalue weighted by Gasteiger charge is -2.23. The Balaban J connectivity index is 1.36. The zero-order chi connectivity index (χ0) is 26.1. The van der Waals surface area contributed by atoms with Crippen LogP contribution >= 0.6 is 0 Å². The first-order valence-electron chi connectivity index (χ1n) is 12.8. The van der Waals surface area contributed by atoms with Gasteiger partial charge in [0.15, 0.2) is 6.23 Å². The highest BCUT2D eigenvalue weighted by Crippen LogP contribution is 2.32. The molecule has 0 bridgehead atoms. The number of hydrogen-bond acceptors (Lipinski definition) is 6. The molecule has 5 rings (SSSR count). The molecular weight excluding hydrogens is 466 g/mol. The van der Waals surface area contributed by atoms with Crippen molar-refractivity contribution in [3.05, 3.63) is 47.5 Å². The lowest BCUT2D eigenvalue weighted by Crippen LogP contribution is -2.31. The molecule has 9 heteroatoms. The van der Waals surface area contributed by atoms with Crippen LogP contribution in [0.5, 0.6) is 5.88 Å². The van der Waals surface area contributed by atoms with Gasteiger partial charge in [-0.2, -0.15) is 15.3 Å². The molecule has 2 unspecified atom stereocenters. The van der Waals surface area contributed by atoms with Crippen molar-refractivity contribution in [3.63, 3.8) is 0 Å². The van der Waals surface area contributed by atoms with Crippen LogP contribution in [0.15, 0.2) is 30.5 Å². The van der Waals surface area contributed by atoms with E-state index in [1.807, 2.05) is 42.6 Å². The Morgan fingerprint density at radius 2 is 2.05 bits per heavy atom. The maximum atomic E-state index is 6.13. The fourth-order valence-corrected chi connectivity index (χ4v) is 5.14. The minimum absolute atomic E-state index is 0.00106. The maximum Gasteiger partial charge on any atom is 0.212 e. The minimum Gasteiger partial charge on any atom is -0.473 e. The Kier molecular flexibility index (Phi) is 7.04. The van der Waals surface area contributed by atoms with Crippen LogP contribution in [0.4, 0.5) is 0 Å². The first-order valence-corrected chi connectivity index (χ1v) is 12.8. The van der Waals surface area contributed by atoms with Crippen molar-refractivity contribution in [1.29, 1.82) is 0 Å². The summed E-state index contributed by atoms with van der Waals surface area (Å²) in [5.74, 6) is 3.54. The molecule has 1 aliphatic heterocycles. The fourth-order valence-electron chi connectivity index (χ4n) is 5.14. The van der Waals surface area contributed by atoms with E-state index in [-0.39, 0.29) is 12.3 Å². The minimum atomic E-state index is -0.0636. The van der Waals surface area contributed by atoms with Crippen LogP contribution in [0, 0.1) is 19.3 Å². The van der Waals surface area contributed by atoms with Crippen LogP contribution < -0.4 is 4.74 Å². The lowest BCUT2D eigenvalue weighted by atomic mass is 10.0. The Morgan fingerprint density at radius 3 is 2.76 bits per heavy atom.